The third-order valence-electron chi connectivity index (χ3n) is 4.51. The largest absolute Gasteiger partial charge is 0.244 e. The van der Waals surface area contributed by atoms with Gasteiger partial charge >= 0.3 is 0 Å². The number of hydrogen-bond donors (Lipinski definition) is 0. The highest BCUT2D eigenvalue weighted by Crippen LogP contribution is 2.25. The van der Waals surface area contributed by atoms with Gasteiger partial charge in [0.15, 0.2) is 5.82 Å². The molecule has 0 saturated heterocycles. The van der Waals surface area contributed by atoms with Gasteiger partial charge in [-0.3, -0.25) is 0 Å². The highest BCUT2D eigenvalue weighted by molar-refractivity contribution is 5.87. The van der Waals surface area contributed by atoms with Gasteiger partial charge in [0, 0.05) is 17.1 Å². The van der Waals surface area contributed by atoms with E-state index in [0.29, 0.717) is 5.82 Å². The number of nitrogens with zero attached hydrogens (tertiary/aromatic N) is 3. The minimum atomic E-state index is 0.645. The summed E-state index contributed by atoms with van der Waals surface area (Å²) in [6.45, 7) is 0. The molecule has 0 spiro atoms. The summed E-state index contributed by atoms with van der Waals surface area (Å²) in [6, 6.07) is 28.7. The van der Waals surface area contributed by atoms with Crippen molar-refractivity contribution in [2.45, 2.75) is 0 Å². The van der Waals surface area contributed by atoms with Crippen LogP contribution in [0.1, 0.15) is 0 Å². The molecule has 0 aliphatic rings. The van der Waals surface area contributed by atoms with Gasteiger partial charge in [0.05, 0.1) is 11.2 Å². The second-order valence-electron chi connectivity index (χ2n) is 6.22. The predicted octanol–water partition coefficient (Wildman–Crippen LogP) is 5.51. The van der Waals surface area contributed by atoms with Crippen LogP contribution in [0.4, 0.5) is 0 Å². The summed E-state index contributed by atoms with van der Waals surface area (Å²) in [4.78, 5) is 13.9. The summed E-state index contributed by atoms with van der Waals surface area (Å²) in [5.41, 5.74) is 3.72. The van der Waals surface area contributed by atoms with Gasteiger partial charge < -0.3 is 0 Å². The Morgan fingerprint density at radius 2 is 1.31 bits per heavy atom. The molecule has 0 fully saturated rings. The first-order valence-electron chi connectivity index (χ1n) is 8.55. The minimum Gasteiger partial charge on any atom is -0.244 e. The standard InChI is InChI=1S/C23H15N3/c1-2-7-17-14-18(13-12-16(17)6-1)20-10-5-11-22(25-20)23-24-15-19-8-3-4-9-21(19)26-23/h1-15H. The van der Waals surface area contributed by atoms with Crippen LogP contribution in [-0.4, -0.2) is 15.0 Å². The minimum absolute atomic E-state index is 0.645. The zero-order valence-electron chi connectivity index (χ0n) is 14.0. The van der Waals surface area contributed by atoms with Crippen molar-refractivity contribution >= 4 is 21.7 Å². The van der Waals surface area contributed by atoms with Crippen molar-refractivity contribution in [2.24, 2.45) is 0 Å². The molecule has 5 rings (SSSR count). The van der Waals surface area contributed by atoms with Crippen LogP contribution in [0.3, 0.4) is 0 Å². The number of hydrogen-bond acceptors (Lipinski definition) is 3. The molecule has 3 heteroatoms. The van der Waals surface area contributed by atoms with E-state index in [1.807, 2.05) is 48.7 Å². The Kier molecular flexibility index (Phi) is 3.42. The van der Waals surface area contributed by atoms with Crippen molar-refractivity contribution in [2.75, 3.05) is 0 Å². The lowest BCUT2D eigenvalue weighted by molar-refractivity contribution is 1.18. The van der Waals surface area contributed by atoms with Crippen LogP contribution in [0.2, 0.25) is 0 Å². The highest BCUT2D eigenvalue weighted by Gasteiger charge is 2.07. The van der Waals surface area contributed by atoms with Crippen molar-refractivity contribution in [1.82, 2.24) is 15.0 Å². The van der Waals surface area contributed by atoms with Gasteiger partial charge in [-0.15, -0.1) is 0 Å². The van der Waals surface area contributed by atoms with Gasteiger partial charge in [0.25, 0.3) is 0 Å². The third kappa shape index (κ3) is 2.60. The molecule has 3 nitrogen and oxygen atoms in total. The molecule has 0 unspecified atom stereocenters. The second-order valence-corrected chi connectivity index (χ2v) is 6.22. The second kappa shape index (κ2) is 6.05. The summed E-state index contributed by atoms with van der Waals surface area (Å²) in [7, 11) is 0. The maximum absolute atomic E-state index is 4.80. The van der Waals surface area contributed by atoms with Crippen LogP contribution in [0.5, 0.6) is 0 Å². The van der Waals surface area contributed by atoms with Crippen LogP contribution in [-0.2, 0) is 0 Å². The molecule has 0 aliphatic heterocycles. The van der Waals surface area contributed by atoms with Crippen LogP contribution in [0.15, 0.2) is 91.1 Å². The summed E-state index contributed by atoms with van der Waals surface area (Å²) in [6.07, 6.45) is 1.85. The summed E-state index contributed by atoms with van der Waals surface area (Å²) in [5.74, 6) is 0.645. The lowest BCUT2D eigenvalue weighted by Gasteiger charge is -2.06. The molecule has 5 aromatic rings. The van der Waals surface area contributed by atoms with Gasteiger partial charge in [-0.25, -0.2) is 15.0 Å². The maximum Gasteiger partial charge on any atom is 0.178 e. The lowest BCUT2D eigenvalue weighted by atomic mass is 10.0. The number of para-hydroxylation sites is 1. The quantitative estimate of drug-likeness (QED) is 0.427. The Bertz CT molecular complexity index is 1150. The molecule has 0 saturated carbocycles. The van der Waals surface area contributed by atoms with E-state index in [-0.39, 0.29) is 0 Å². The van der Waals surface area contributed by atoms with Crippen LogP contribution >= 0.6 is 0 Å². The molecule has 0 atom stereocenters. The van der Waals surface area contributed by atoms with Gasteiger partial charge in [-0.2, -0.15) is 0 Å². The Balaban J connectivity index is 1.60. The fraction of sp³-hybridized carbons (Fsp3) is 0. The van der Waals surface area contributed by atoms with Gasteiger partial charge in [0.2, 0.25) is 0 Å². The highest BCUT2D eigenvalue weighted by atomic mass is 14.9. The summed E-state index contributed by atoms with van der Waals surface area (Å²) in [5, 5.41) is 3.46. The smallest absolute Gasteiger partial charge is 0.178 e. The molecule has 2 aromatic heterocycles. The number of rotatable bonds is 2. The van der Waals surface area contributed by atoms with E-state index < -0.39 is 0 Å². The van der Waals surface area contributed by atoms with E-state index in [1.165, 1.54) is 10.8 Å². The van der Waals surface area contributed by atoms with Crippen LogP contribution < -0.4 is 0 Å². The maximum atomic E-state index is 4.80. The van der Waals surface area contributed by atoms with E-state index in [0.717, 1.165) is 27.9 Å². The number of pyridine rings is 1. The van der Waals surface area contributed by atoms with Gasteiger partial charge in [-0.05, 0) is 35.0 Å². The molecule has 26 heavy (non-hydrogen) atoms. The molecule has 0 aliphatic carbocycles. The first-order valence-corrected chi connectivity index (χ1v) is 8.55. The summed E-state index contributed by atoms with van der Waals surface area (Å²) >= 11 is 0. The van der Waals surface area contributed by atoms with Crippen molar-refractivity contribution in [3.05, 3.63) is 91.1 Å². The molecular formula is C23H15N3. The zero-order chi connectivity index (χ0) is 17.3. The molecule has 0 bridgehead atoms. The van der Waals surface area contributed by atoms with Crippen molar-refractivity contribution in [1.29, 1.82) is 0 Å². The average Bonchev–Trinajstić information content (AvgIpc) is 2.73. The van der Waals surface area contributed by atoms with Crippen LogP contribution in [0, 0.1) is 0 Å². The van der Waals surface area contributed by atoms with Crippen LogP contribution in [0.25, 0.3) is 44.5 Å². The Morgan fingerprint density at radius 1 is 0.538 bits per heavy atom. The number of benzene rings is 3. The normalized spacial score (nSPS) is 11.1. The van der Waals surface area contributed by atoms with E-state index in [2.05, 4.69) is 52.4 Å². The topological polar surface area (TPSA) is 38.7 Å². The molecule has 2 heterocycles. The Hall–Kier alpha value is -3.59. The number of aromatic nitrogens is 3. The average molecular weight is 333 g/mol. The third-order valence-corrected chi connectivity index (χ3v) is 4.51. The van der Waals surface area contributed by atoms with Crippen molar-refractivity contribution in [3.8, 4) is 22.8 Å². The van der Waals surface area contributed by atoms with E-state index in [4.69, 9.17) is 4.98 Å². The summed E-state index contributed by atoms with van der Waals surface area (Å²) < 4.78 is 0. The molecule has 0 N–H and O–H groups in total. The van der Waals surface area contributed by atoms with Gasteiger partial charge in [-0.1, -0.05) is 60.7 Å². The van der Waals surface area contributed by atoms with Crippen molar-refractivity contribution < 1.29 is 0 Å². The van der Waals surface area contributed by atoms with E-state index in [9.17, 15) is 0 Å². The Labute approximate surface area is 151 Å². The SMILES string of the molecule is c1cc(-c2ccc3ccccc3c2)nc(-c2ncc3ccccc3n2)c1. The van der Waals surface area contributed by atoms with E-state index >= 15 is 0 Å². The van der Waals surface area contributed by atoms with Crippen molar-refractivity contribution in [3.63, 3.8) is 0 Å². The zero-order valence-corrected chi connectivity index (χ0v) is 14.0. The lowest BCUT2D eigenvalue weighted by Crippen LogP contribution is -1.94. The fourth-order valence-corrected chi connectivity index (χ4v) is 3.16. The Morgan fingerprint density at radius 3 is 2.23 bits per heavy atom. The first kappa shape index (κ1) is 14.7. The fourth-order valence-electron chi connectivity index (χ4n) is 3.16. The molecule has 0 radical (unpaired) electrons. The molecule has 122 valence electrons. The van der Waals surface area contributed by atoms with E-state index in [1.54, 1.807) is 0 Å². The molecular weight excluding hydrogens is 318 g/mol. The molecule has 0 amide bonds. The predicted molar refractivity (Wildman–Crippen MR) is 106 cm³/mol. The first-order chi connectivity index (χ1) is 12.9. The monoisotopic (exact) mass is 333 g/mol. The van der Waals surface area contributed by atoms with Gasteiger partial charge in [0.1, 0.15) is 5.69 Å². The molecule has 3 aromatic carbocycles. The number of fused-ring (bicyclic) bond motifs is 2.